The van der Waals surface area contributed by atoms with Gasteiger partial charge in [-0.05, 0) is 33.3 Å². The molecule has 0 fully saturated rings. The van der Waals surface area contributed by atoms with Crippen molar-refractivity contribution in [1.82, 2.24) is 15.0 Å². The third-order valence-corrected chi connectivity index (χ3v) is 6.06. The van der Waals surface area contributed by atoms with Gasteiger partial charge in [0.1, 0.15) is 0 Å². The molecular formula is C33H21IrN3-2. The molecule has 2 heterocycles. The summed E-state index contributed by atoms with van der Waals surface area (Å²) in [5.41, 5.74) is 3.89. The van der Waals surface area contributed by atoms with Gasteiger partial charge in [0.25, 0.3) is 0 Å². The van der Waals surface area contributed by atoms with Gasteiger partial charge in [-0.15, -0.1) is 71.8 Å². The molecule has 37 heavy (non-hydrogen) atoms. The van der Waals surface area contributed by atoms with E-state index in [9.17, 15) is 0 Å². The zero-order valence-electron chi connectivity index (χ0n) is 19.8. The maximum Gasteiger partial charge on any atom is 0.0755 e. The molecule has 4 heteroatoms. The molecule has 0 saturated heterocycles. The van der Waals surface area contributed by atoms with Crippen molar-refractivity contribution in [2.75, 3.05) is 0 Å². The maximum atomic E-state index is 4.65. The van der Waals surface area contributed by atoms with Crippen molar-refractivity contribution in [2.24, 2.45) is 0 Å². The fourth-order valence-electron chi connectivity index (χ4n) is 4.23. The number of benzene rings is 5. The number of pyridine rings is 1. The van der Waals surface area contributed by atoms with E-state index >= 15 is 0 Å². The van der Waals surface area contributed by atoms with Crippen LogP contribution in [-0.2, 0) is 20.1 Å². The Labute approximate surface area is 229 Å². The van der Waals surface area contributed by atoms with E-state index in [1.807, 2.05) is 91.3 Å². The van der Waals surface area contributed by atoms with Gasteiger partial charge < -0.3 is 4.98 Å². The minimum Gasteiger partial charge on any atom is -0.304 e. The Kier molecular flexibility index (Phi) is 7.41. The quantitative estimate of drug-likeness (QED) is 0.141. The molecule has 0 bridgehead atoms. The summed E-state index contributed by atoms with van der Waals surface area (Å²) in [6.07, 6.45) is 3.81. The molecule has 7 aromatic rings. The first-order valence-corrected chi connectivity index (χ1v) is 11.8. The molecule has 0 saturated carbocycles. The summed E-state index contributed by atoms with van der Waals surface area (Å²) in [4.78, 5) is 13.6. The smallest absolute Gasteiger partial charge is 0.0755 e. The molecule has 0 aliphatic carbocycles. The summed E-state index contributed by atoms with van der Waals surface area (Å²) in [7, 11) is 0. The third kappa shape index (κ3) is 5.31. The molecule has 0 unspecified atom stereocenters. The van der Waals surface area contributed by atoms with Crippen molar-refractivity contribution in [2.45, 2.75) is 0 Å². The van der Waals surface area contributed by atoms with Crippen LogP contribution in [0.5, 0.6) is 0 Å². The number of rotatable bonds is 2. The Bertz CT molecular complexity index is 1780. The van der Waals surface area contributed by atoms with Gasteiger partial charge in [0.15, 0.2) is 0 Å². The van der Waals surface area contributed by atoms with Crippen LogP contribution in [0.2, 0.25) is 0 Å². The SMILES string of the molecule is [Ir].[c-]1ccccc1-c1cc2ccccc2cn1.[c-]1ccccc1-c1ncc2c(ccc3ccccc32)n1. The van der Waals surface area contributed by atoms with Crippen LogP contribution in [0.3, 0.4) is 0 Å². The van der Waals surface area contributed by atoms with Crippen LogP contribution in [0, 0.1) is 12.1 Å². The molecule has 0 aliphatic rings. The van der Waals surface area contributed by atoms with Gasteiger partial charge in [0.2, 0.25) is 0 Å². The van der Waals surface area contributed by atoms with Crippen molar-refractivity contribution in [3.05, 3.63) is 140 Å². The predicted octanol–water partition coefficient (Wildman–Crippen LogP) is 7.95. The maximum absolute atomic E-state index is 4.65. The average molecular weight is 652 g/mol. The fraction of sp³-hybridized carbons (Fsp3) is 0. The number of aromatic nitrogens is 3. The molecule has 3 nitrogen and oxygen atoms in total. The Hall–Kier alpha value is -4.24. The van der Waals surface area contributed by atoms with Gasteiger partial charge in [-0.1, -0.05) is 60.7 Å². The van der Waals surface area contributed by atoms with Crippen LogP contribution >= 0.6 is 0 Å². The summed E-state index contributed by atoms with van der Waals surface area (Å²) in [5, 5.41) is 5.87. The van der Waals surface area contributed by atoms with E-state index in [4.69, 9.17) is 0 Å². The van der Waals surface area contributed by atoms with Gasteiger partial charge in [-0.3, -0.25) is 9.97 Å². The van der Waals surface area contributed by atoms with Crippen molar-refractivity contribution in [3.8, 4) is 22.6 Å². The van der Waals surface area contributed by atoms with E-state index in [1.54, 1.807) is 0 Å². The molecular weight excluding hydrogens is 631 g/mol. The molecule has 0 spiro atoms. The van der Waals surface area contributed by atoms with Gasteiger partial charge in [0.05, 0.1) is 11.3 Å². The van der Waals surface area contributed by atoms with E-state index in [1.165, 1.54) is 21.5 Å². The predicted molar refractivity (Wildman–Crippen MR) is 147 cm³/mol. The molecule has 0 N–H and O–H groups in total. The standard InChI is InChI=1S/C18H11N2.C15H10N.Ir/c1-2-7-14(8-3-1)18-19-12-16-15-9-5-4-6-13(15)10-11-17(16)20-18;1-2-6-12(7-3-1)15-10-13-8-4-5-9-14(13)11-16-15;/h1-7,9-12H;1-6,8-11H;/q2*-1;. The van der Waals surface area contributed by atoms with Crippen LogP contribution in [0.1, 0.15) is 0 Å². The molecule has 1 radical (unpaired) electrons. The normalized spacial score (nSPS) is 10.5. The second-order valence-electron chi connectivity index (χ2n) is 8.38. The van der Waals surface area contributed by atoms with Crippen molar-refractivity contribution in [3.63, 3.8) is 0 Å². The average Bonchev–Trinajstić information content (AvgIpc) is 2.98. The van der Waals surface area contributed by atoms with Crippen LogP contribution in [0.15, 0.2) is 128 Å². The van der Waals surface area contributed by atoms with Gasteiger partial charge in [0, 0.05) is 37.9 Å². The Morgan fingerprint density at radius 3 is 1.95 bits per heavy atom. The number of nitrogens with zero attached hydrogens (tertiary/aromatic N) is 3. The van der Waals surface area contributed by atoms with Crippen LogP contribution in [-0.4, -0.2) is 15.0 Å². The van der Waals surface area contributed by atoms with E-state index in [2.05, 4.69) is 63.5 Å². The molecule has 2 aromatic heterocycles. The number of hydrogen-bond acceptors (Lipinski definition) is 3. The van der Waals surface area contributed by atoms with Crippen LogP contribution in [0.25, 0.3) is 55.1 Å². The zero-order valence-corrected chi connectivity index (χ0v) is 22.2. The van der Waals surface area contributed by atoms with Crippen molar-refractivity contribution in [1.29, 1.82) is 0 Å². The molecule has 0 atom stereocenters. The van der Waals surface area contributed by atoms with Crippen molar-refractivity contribution >= 4 is 32.4 Å². The van der Waals surface area contributed by atoms with Crippen LogP contribution < -0.4 is 0 Å². The van der Waals surface area contributed by atoms with Crippen molar-refractivity contribution < 1.29 is 20.1 Å². The Balaban J connectivity index is 0.000000151. The Morgan fingerprint density at radius 2 is 1.19 bits per heavy atom. The van der Waals surface area contributed by atoms with E-state index < -0.39 is 0 Å². The minimum atomic E-state index is 0. The fourth-order valence-corrected chi connectivity index (χ4v) is 4.23. The molecule has 0 amide bonds. The molecule has 7 rings (SSSR count). The number of hydrogen-bond donors (Lipinski definition) is 0. The second kappa shape index (κ2) is 11.2. The van der Waals surface area contributed by atoms with Gasteiger partial charge in [-0.25, -0.2) is 0 Å². The molecule has 5 aromatic carbocycles. The first kappa shape index (κ1) is 24.5. The molecule has 0 aliphatic heterocycles. The minimum absolute atomic E-state index is 0. The molecule has 179 valence electrons. The summed E-state index contributed by atoms with van der Waals surface area (Å²) in [5.74, 6) is 0.716. The van der Waals surface area contributed by atoms with E-state index in [0.29, 0.717) is 5.82 Å². The van der Waals surface area contributed by atoms with E-state index in [0.717, 1.165) is 27.7 Å². The summed E-state index contributed by atoms with van der Waals surface area (Å²) < 4.78 is 0. The van der Waals surface area contributed by atoms with Crippen LogP contribution in [0.4, 0.5) is 0 Å². The Morgan fingerprint density at radius 1 is 0.514 bits per heavy atom. The monoisotopic (exact) mass is 652 g/mol. The van der Waals surface area contributed by atoms with Gasteiger partial charge in [-0.2, -0.15) is 0 Å². The summed E-state index contributed by atoms with van der Waals surface area (Å²) in [6.45, 7) is 0. The second-order valence-corrected chi connectivity index (χ2v) is 8.38. The first-order valence-electron chi connectivity index (χ1n) is 11.8. The third-order valence-electron chi connectivity index (χ3n) is 6.06. The zero-order chi connectivity index (χ0) is 24.2. The summed E-state index contributed by atoms with van der Waals surface area (Å²) in [6, 6.07) is 44.8. The first-order chi connectivity index (χ1) is 17.8. The number of fused-ring (bicyclic) bond motifs is 4. The van der Waals surface area contributed by atoms with E-state index in [-0.39, 0.29) is 20.1 Å². The summed E-state index contributed by atoms with van der Waals surface area (Å²) >= 11 is 0. The topological polar surface area (TPSA) is 38.7 Å². The largest absolute Gasteiger partial charge is 0.304 e. The van der Waals surface area contributed by atoms with Gasteiger partial charge >= 0.3 is 0 Å².